The van der Waals surface area contributed by atoms with Gasteiger partial charge in [0.05, 0.1) is 25.2 Å². The van der Waals surface area contributed by atoms with E-state index in [2.05, 4.69) is 4.90 Å². The molecule has 0 bridgehead atoms. The van der Waals surface area contributed by atoms with Gasteiger partial charge in [0, 0.05) is 48.1 Å². The van der Waals surface area contributed by atoms with Crippen molar-refractivity contribution >= 4 is 11.4 Å². The van der Waals surface area contributed by atoms with E-state index in [1.54, 1.807) is 19.2 Å². The molecule has 0 amide bonds. The maximum absolute atomic E-state index is 11.4. The molecule has 1 saturated heterocycles. The van der Waals surface area contributed by atoms with Gasteiger partial charge in [0.1, 0.15) is 5.75 Å². The highest BCUT2D eigenvalue weighted by atomic mass is 16.7. The van der Waals surface area contributed by atoms with Crippen LogP contribution in [0.1, 0.15) is 11.1 Å². The Balaban J connectivity index is 1.58. The summed E-state index contributed by atoms with van der Waals surface area (Å²) < 4.78 is 23.6. The third kappa shape index (κ3) is 3.48. The molecule has 0 radical (unpaired) electrons. The minimum atomic E-state index is -1.36. The van der Waals surface area contributed by atoms with Crippen molar-refractivity contribution in [3.8, 4) is 17.2 Å². The van der Waals surface area contributed by atoms with Crippen LogP contribution >= 0.6 is 0 Å². The van der Waals surface area contributed by atoms with Gasteiger partial charge in [0.25, 0.3) is 5.69 Å². The Labute approximate surface area is 185 Å². The van der Waals surface area contributed by atoms with E-state index in [0.29, 0.717) is 41.6 Å². The largest absolute Gasteiger partial charge is 0.497 e. The fourth-order valence-corrected chi connectivity index (χ4v) is 4.05. The van der Waals surface area contributed by atoms with Gasteiger partial charge in [0.2, 0.25) is 0 Å². The van der Waals surface area contributed by atoms with Crippen LogP contribution in [0, 0.1) is 10.1 Å². The van der Waals surface area contributed by atoms with Gasteiger partial charge < -0.3 is 23.8 Å². The Morgan fingerprint density at radius 1 is 0.938 bits per heavy atom. The molecule has 2 aliphatic rings. The van der Waals surface area contributed by atoms with Crippen LogP contribution in [-0.2, 0) is 10.5 Å². The predicted molar refractivity (Wildman–Crippen MR) is 118 cm³/mol. The van der Waals surface area contributed by atoms with E-state index in [-0.39, 0.29) is 5.69 Å². The first-order valence-electron chi connectivity index (χ1n) is 10.3. The molecule has 1 unspecified atom stereocenters. The summed E-state index contributed by atoms with van der Waals surface area (Å²) in [5.41, 5.74) is 2.21. The summed E-state index contributed by atoms with van der Waals surface area (Å²) >= 11 is 0. The van der Waals surface area contributed by atoms with Gasteiger partial charge in [-0.2, -0.15) is 0 Å². The monoisotopic (exact) mass is 434 g/mol. The van der Waals surface area contributed by atoms with Crippen molar-refractivity contribution < 1.29 is 23.9 Å². The van der Waals surface area contributed by atoms with Crippen molar-refractivity contribution in [3.05, 3.63) is 88.0 Å². The smallest absolute Gasteiger partial charge is 0.305 e. The molecule has 0 aromatic heterocycles. The number of nitro benzene ring substituents is 1. The molecule has 2 aliphatic heterocycles. The van der Waals surface area contributed by atoms with E-state index < -0.39 is 10.7 Å². The van der Waals surface area contributed by atoms with Gasteiger partial charge in [0.15, 0.2) is 11.5 Å². The number of non-ortho nitro benzene ring substituents is 1. The van der Waals surface area contributed by atoms with Crippen LogP contribution in [0.4, 0.5) is 11.4 Å². The Morgan fingerprint density at radius 3 is 2.41 bits per heavy atom. The first-order chi connectivity index (χ1) is 15.6. The Bertz CT molecular complexity index is 1140. The Morgan fingerprint density at radius 2 is 1.69 bits per heavy atom. The normalized spacial score (nSPS) is 19.6. The summed E-state index contributed by atoms with van der Waals surface area (Å²) in [6.45, 7) is 2.96. The minimum absolute atomic E-state index is 0.0347. The standard InChI is InChI=1S/C24H22N2O6/c1-29-21-8-5-17(6-9-21)24(18-3-2-4-20(15-18)26(27)28)31-22-10-7-19(16-23(22)32-24)25-11-13-30-14-12-25/h2-10,15-16H,11-14H2,1H3. The minimum Gasteiger partial charge on any atom is -0.497 e. The molecule has 8 heteroatoms. The highest BCUT2D eigenvalue weighted by Crippen LogP contribution is 2.49. The van der Waals surface area contributed by atoms with Crippen LogP contribution in [0.15, 0.2) is 66.7 Å². The van der Waals surface area contributed by atoms with Crippen LogP contribution in [0.25, 0.3) is 0 Å². The summed E-state index contributed by atoms with van der Waals surface area (Å²) in [6.07, 6.45) is 0. The molecule has 2 heterocycles. The van der Waals surface area contributed by atoms with Gasteiger partial charge >= 0.3 is 5.79 Å². The number of benzene rings is 3. The van der Waals surface area contributed by atoms with Crippen LogP contribution < -0.4 is 19.1 Å². The molecule has 3 aromatic rings. The van der Waals surface area contributed by atoms with Crippen molar-refractivity contribution in [2.45, 2.75) is 5.79 Å². The molecule has 0 N–H and O–H groups in total. The summed E-state index contributed by atoms with van der Waals surface area (Å²) in [5.74, 6) is 0.485. The number of nitrogens with zero attached hydrogens (tertiary/aromatic N) is 2. The van der Waals surface area contributed by atoms with Crippen molar-refractivity contribution in [1.82, 2.24) is 0 Å². The number of methoxy groups -OCH3 is 1. The average molecular weight is 434 g/mol. The van der Waals surface area contributed by atoms with Gasteiger partial charge in [-0.1, -0.05) is 12.1 Å². The predicted octanol–water partition coefficient (Wildman–Crippen LogP) is 4.11. The van der Waals surface area contributed by atoms with E-state index >= 15 is 0 Å². The van der Waals surface area contributed by atoms with E-state index in [1.807, 2.05) is 42.5 Å². The topological polar surface area (TPSA) is 83.3 Å². The van der Waals surface area contributed by atoms with Crippen molar-refractivity contribution in [2.75, 3.05) is 38.3 Å². The first kappa shape index (κ1) is 20.1. The first-order valence-corrected chi connectivity index (χ1v) is 10.3. The Hall–Kier alpha value is -3.78. The fraction of sp³-hybridized carbons (Fsp3) is 0.250. The SMILES string of the molecule is COc1ccc(C2(c3cccc([N+](=O)[O-])c3)Oc3ccc(N4CCOCC4)cc3O2)cc1. The number of morpholine rings is 1. The summed E-state index contributed by atoms with van der Waals surface area (Å²) in [5, 5.41) is 11.4. The van der Waals surface area contributed by atoms with Crippen molar-refractivity contribution in [1.29, 1.82) is 0 Å². The average Bonchev–Trinajstić information content (AvgIpc) is 3.25. The van der Waals surface area contributed by atoms with Crippen LogP contribution in [-0.4, -0.2) is 38.3 Å². The van der Waals surface area contributed by atoms with Gasteiger partial charge in [-0.15, -0.1) is 0 Å². The summed E-state index contributed by atoms with van der Waals surface area (Å²) in [7, 11) is 1.59. The summed E-state index contributed by atoms with van der Waals surface area (Å²) in [6, 6.07) is 19.4. The van der Waals surface area contributed by atoms with E-state index in [4.69, 9.17) is 18.9 Å². The third-order valence-electron chi connectivity index (χ3n) is 5.72. The molecule has 0 spiro atoms. The molecule has 32 heavy (non-hydrogen) atoms. The number of rotatable bonds is 5. The van der Waals surface area contributed by atoms with Gasteiger partial charge in [-0.05, 0) is 36.4 Å². The summed E-state index contributed by atoms with van der Waals surface area (Å²) in [4.78, 5) is 13.2. The number of fused-ring (bicyclic) bond motifs is 1. The highest BCUT2D eigenvalue weighted by Gasteiger charge is 2.46. The molecule has 1 fully saturated rings. The molecule has 8 nitrogen and oxygen atoms in total. The maximum Gasteiger partial charge on any atom is 0.305 e. The lowest BCUT2D eigenvalue weighted by atomic mass is 9.96. The van der Waals surface area contributed by atoms with Crippen LogP contribution in [0.3, 0.4) is 0 Å². The second-order valence-corrected chi connectivity index (χ2v) is 7.59. The molecule has 0 aliphatic carbocycles. The zero-order chi connectivity index (χ0) is 22.1. The molecule has 0 saturated carbocycles. The van der Waals surface area contributed by atoms with E-state index in [9.17, 15) is 10.1 Å². The van der Waals surface area contributed by atoms with Gasteiger partial charge in [-0.25, -0.2) is 0 Å². The highest BCUT2D eigenvalue weighted by molar-refractivity contribution is 5.60. The van der Waals surface area contributed by atoms with E-state index in [0.717, 1.165) is 18.8 Å². The van der Waals surface area contributed by atoms with E-state index in [1.165, 1.54) is 12.1 Å². The number of hydrogen-bond donors (Lipinski definition) is 0. The number of nitro groups is 1. The zero-order valence-corrected chi connectivity index (χ0v) is 17.5. The van der Waals surface area contributed by atoms with Crippen molar-refractivity contribution in [2.24, 2.45) is 0 Å². The number of anilines is 1. The fourth-order valence-electron chi connectivity index (χ4n) is 4.05. The van der Waals surface area contributed by atoms with Crippen LogP contribution in [0.5, 0.6) is 17.2 Å². The molecule has 3 aromatic carbocycles. The van der Waals surface area contributed by atoms with Crippen LogP contribution in [0.2, 0.25) is 0 Å². The molecule has 5 rings (SSSR count). The van der Waals surface area contributed by atoms with Gasteiger partial charge in [-0.3, -0.25) is 10.1 Å². The molecular weight excluding hydrogens is 412 g/mol. The molecule has 1 atom stereocenters. The maximum atomic E-state index is 11.4. The van der Waals surface area contributed by atoms with Crippen molar-refractivity contribution in [3.63, 3.8) is 0 Å². The number of hydrogen-bond acceptors (Lipinski definition) is 7. The Kier molecular flexibility index (Phi) is 5.07. The second kappa shape index (κ2) is 8.05. The molecular formula is C24H22N2O6. The molecule has 164 valence electrons. The lowest BCUT2D eigenvalue weighted by molar-refractivity contribution is -0.385. The second-order valence-electron chi connectivity index (χ2n) is 7.59. The quantitative estimate of drug-likeness (QED) is 0.441. The lowest BCUT2D eigenvalue weighted by Gasteiger charge is -2.29. The third-order valence-corrected chi connectivity index (χ3v) is 5.72. The number of ether oxygens (including phenoxy) is 4. The zero-order valence-electron chi connectivity index (χ0n) is 17.5. The lowest BCUT2D eigenvalue weighted by Crippen LogP contribution is -2.37.